The van der Waals surface area contributed by atoms with Crippen LogP contribution in [0, 0.1) is 6.92 Å². The fourth-order valence-electron chi connectivity index (χ4n) is 2.86. The average molecular weight is 528 g/mol. The molecule has 0 aliphatic rings. The van der Waals surface area contributed by atoms with E-state index in [1.165, 1.54) is 18.2 Å². The first-order valence-corrected chi connectivity index (χ1v) is 11.2. The minimum atomic E-state index is -2.73. The first kappa shape index (κ1) is 23.4. The molecular weight excluding hydrogens is 510 g/mol. The van der Waals surface area contributed by atoms with Gasteiger partial charge in [0.1, 0.15) is 11.9 Å². The Labute approximate surface area is 194 Å². The molecule has 1 amide bonds. The highest BCUT2D eigenvalue weighted by molar-refractivity contribution is 9.10. The van der Waals surface area contributed by atoms with Crippen LogP contribution in [0.15, 0.2) is 50.8 Å². The molecule has 1 atom stereocenters. The summed E-state index contributed by atoms with van der Waals surface area (Å²) in [6.45, 7) is 6.75. The maximum absolute atomic E-state index is 13.3. The molecule has 1 heterocycles. The van der Waals surface area contributed by atoms with E-state index in [-0.39, 0.29) is 21.0 Å². The van der Waals surface area contributed by atoms with Crippen molar-refractivity contribution in [3.8, 4) is 0 Å². The number of carbonyl (C=O) groups is 1. The highest BCUT2D eigenvalue weighted by Gasteiger charge is 2.29. The van der Waals surface area contributed by atoms with E-state index < -0.39 is 28.3 Å². The van der Waals surface area contributed by atoms with E-state index in [1.54, 1.807) is 32.9 Å². The van der Waals surface area contributed by atoms with E-state index in [4.69, 9.17) is 16.3 Å². The Hall–Kier alpha value is -2.27. The van der Waals surface area contributed by atoms with Gasteiger partial charge in [0.05, 0.1) is 21.5 Å². The second-order valence-electron chi connectivity index (χ2n) is 7.68. The third kappa shape index (κ3) is 4.98. The molecule has 3 aromatic rings. The van der Waals surface area contributed by atoms with Crippen LogP contribution in [-0.4, -0.2) is 30.1 Å². The molecule has 0 saturated carbocycles. The summed E-state index contributed by atoms with van der Waals surface area (Å²) in [6, 6.07) is 7.30. The van der Waals surface area contributed by atoms with Crippen LogP contribution in [0.5, 0.6) is 0 Å². The van der Waals surface area contributed by atoms with Crippen LogP contribution >= 0.6 is 27.5 Å². The Kier molecular flexibility index (Phi) is 6.56. The molecule has 0 fully saturated rings. The van der Waals surface area contributed by atoms with Crippen molar-refractivity contribution in [3.05, 3.63) is 62.1 Å². The molecule has 31 heavy (non-hydrogen) atoms. The van der Waals surface area contributed by atoms with Gasteiger partial charge in [0.15, 0.2) is 0 Å². The van der Waals surface area contributed by atoms with Gasteiger partial charge in [-0.3, -0.25) is 9.00 Å². The first-order chi connectivity index (χ1) is 14.4. The first-order valence-electron chi connectivity index (χ1n) is 8.99. The fraction of sp³-hybridized carbons (Fsp3) is 0.250. The number of aromatic nitrogens is 2. The molecule has 0 bridgehead atoms. The van der Waals surface area contributed by atoms with Gasteiger partial charge in [-0.2, -0.15) is 9.69 Å². The summed E-state index contributed by atoms with van der Waals surface area (Å²) in [5.41, 5.74) is -0.468. The predicted molar refractivity (Wildman–Crippen MR) is 121 cm³/mol. The van der Waals surface area contributed by atoms with E-state index in [1.807, 2.05) is 6.92 Å². The second-order valence-corrected chi connectivity index (χ2v) is 9.88. The van der Waals surface area contributed by atoms with Gasteiger partial charge >= 0.3 is 6.09 Å². The van der Waals surface area contributed by atoms with Gasteiger partial charge in [0.2, 0.25) is 0 Å². The quantitative estimate of drug-likeness (QED) is 0.462. The molecule has 0 spiro atoms. The standard InChI is InChI=1S/C20H19BrClN3O5S/c1-11-7-13-17(14(21)8-11)23-10-24(18(13)26)25(19(27)30-20(2,3)4)15-9-12(22)5-6-16(15)31(28)29/h5-10H,1-4H3,(H,28,29)/p-1. The summed E-state index contributed by atoms with van der Waals surface area (Å²) in [5.74, 6) is 0. The zero-order chi connectivity index (χ0) is 23.1. The SMILES string of the molecule is Cc1cc(Br)c2ncn(N(C(=O)OC(C)(C)C)c3cc(Cl)ccc3S(=O)[O-])c(=O)c2c1. The van der Waals surface area contributed by atoms with Gasteiger partial charge in [-0.15, -0.1) is 0 Å². The molecule has 2 aromatic carbocycles. The largest absolute Gasteiger partial charge is 0.768 e. The minimum absolute atomic E-state index is 0.148. The van der Waals surface area contributed by atoms with Crippen molar-refractivity contribution >= 4 is 61.3 Å². The van der Waals surface area contributed by atoms with Crippen LogP contribution in [0.25, 0.3) is 10.9 Å². The van der Waals surface area contributed by atoms with Gasteiger partial charge < -0.3 is 9.29 Å². The molecule has 164 valence electrons. The normalized spacial score (nSPS) is 12.6. The predicted octanol–water partition coefficient (Wildman–Crippen LogP) is 4.56. The van der Waals surface area contributed by atoms with Crippen LogP contribution < -0.4 is 10.6 Å². The second kappa shape index (κ2) is 8.70. The van der Waals surface area contributed by atoms with Crippen molar-refractivity contribution in [3.63, 3.8) is 0 Å². The van der Waals surface area contributed by atoms with Crippen molar-refractivity contribution in [2.75, 3.05) is 5.01 Å². The molecule has 3 rings (SSSR count). The number of carbonyl (C=O) groups excluding carboxylic acids is 1. The van der Waals surface area contributed by atoms with E-state index in [9.17, 15) is 18.4 Å². The number of amides is 1. The van der Waals surface area contributed by atoms with Crippen LogP contribution in [0.1, 0.15) is 26.3 Å². The summed E-state index contributed by atoms with van der Waals surface area (Å²) < 4.78 is 30.6. The van der Waals surface area contributed by atoms with E-state index in [2.05, 4.69) is 20.9 Å². The number of hydrogen-bond acceptors (Lipinski definition) is 6. The van der Waals surface area contributed by atoms with Crippen molar-refractivity contribution < 1.29 is 18.3 Å². The summed E-state index contributed by atoms with van der Waals surface area (Å²) in [5, 5.41) is 1.21. The average Bonchev–Trinajstić information content (AvgIpc) is 2.62. The molecule has 0 saturated heterocycles. The topological polar surface area (TPSA) is 105 Å². The van der Waals surface area contributed by atoms with Crippen LogP contribution in [0.4, 0.5) is 10.5 Å². The van der Waals surface area contributed by atoms with Gasteiger partial charge in [0.25, 0.3) is 5.56 Å². The minimum Gasteiger partial charge on any atom is -0.768 e. The summed E-state index contributed by atoms with van der Waals surface area (Å²) in [4.78, 5) is 30.5. The zero-order valence-electron chi connectivity index (χ0n) is 17.0. The Morgan fingerprint density at radius 1 is 1.29 bits per heavy atom. The number of hydrogen-bond donors (Lipinski definition) is 0. The third-order valence-corrected chi connectivity index (χ3v) is 5.60. The van der Waals surface area contributed by atoms with Crippen molar-refractivity contribution in [2.45, 2.75) is 38.2 Å². The Morgan fingerprint density at radius 3 is 2.58 bits per heavy atom. The number of nitrogens with zero attached hydrogens (tertiary/aromatic N) is 3. The molecule has 0 N–H and O–H groups in total. The smallest absolute Gasteiger partial charge is 0.434 e. The fourth-order valence-corrected chi connectivity index (χ4v) is 4.20. The molecule has 0 radical (unpaired) electrons. The number of benzene rings is 2. The summed E-state index contributed by atoms with van der Waals surface area (Å²) >= 11 is 6.74. The van der Waals surface area contributed by atoms with Crippen molar-refractivity contribution in [1.82, 2.24) is 9.66 Å². The number of anilines is 1. The monoisotopic (exact) mass is 526 g/mol. The lowest BCUT2D eigenvalue weighted by Crippen LogP contribution is -2.46. The third-order valence-electron chi connectivity index (χ3n) is 4.05. The summed E-state index contributed by atoms with van der Waals surface area (Å²) in [6.07, 6.45) is 0.157. The number of fused-ring (bicyclic) bond motifs is 1. The van der Waals surface area contributed by atoms with E-state index in [0.717, 1.165) is 21.6 Å². The Morgan fingerprint density at radius 2 is 1.97 bits per heavy atom. The lowest BCUT2D eigenvalue weighted by atomic mass is 10.2. The lowest BCUT2D eigenvalue weighted by molar-refractivity contribution is 0.0561. The zero-order valence-corrected chi connectivity index (χ0v) is 20.2. The highest BCUT2D eigenvalue weighted by atomic mass is 79.9. The van der Waals surface area contributed by atoms with E-state index >= 15 is 0 Å². The van der Waals surface area contributed by atoms with Crippen molar-refractivity contribution in [2.24, 2.45) is 0 Å². The van der Waals surface area contributed by atoms with Crippen LogP contribution in [0.3, 0.4) is 0 Å². The van der Waals surface area contributed by atoms with Gasteiger partial charge in [-0.05, 0) is 90.6 Å². The van der Waals surface area contributed by atoms with Crippen LogP contribution in [-0.2, 0) is 15.8 Å². The summed E-state index contributed by atoms with van der Waals surface area (Å²) in [7, 11) is 0. The van der Waals surface area contributed by atoms with Crippen molar-refractivity contribution in [1.29, 1.82) is 0 Å². The van der Waals surface area contributed by atoms with Gasteiger partial charge in [-0.25, -0.2) is 9.78 Å². The Balaban J connectivity index is 2.35. The number of rotatable bonds is 3. The lowest BCUT2D eigenvalue weighted by Gasteiger charge is -2.29. The van der Waals surface area contributed by atoms with Crippen LogP contribution in [0.2, 0.25) is 5.02 Å². The van der Waals surface area contributed by atoms with Gasteiger partial charge in [-0.1, -0.05) is 11.6 Å². The Bertz CT molecular complexity index is 1270. The molecule has 0 aliphatic carbocycles. The van der Waals surface area contributed by atoms with E-state index in [0.29, 0.717) is 9.99 Å². The molecular formula is C20H18BrClN3O5S-. The molecule has 1 aromatic heterocycles. The number of aryl methyl sites for hydroxylation is 1. The molecule has 0 aliphatic heterocycles. The maximum atomic E-state index is 13.3. The highest BCUT2D eigenvalue weighted by Crippen LogP contribution is 2.29. The maximum Gasteiger partial charge on any atom is 0.434 e. The molecule has 11 heteroatoms. The van der Waals surface area contributed by atoms with Gasteiger partial charge in [0, 0.05) is 9.50 Å². The number of halogens is 2. The molecule has 1 unspecified atom stereocenters. The molecule has 8 nitrogen and oxygen atoms in total. The number of ether oxygens (including phenoxy) is 1.